The molecule has 1 heterocycles. The topological polar surface area (TPSA) is 88.7 Å². The second kappa shape index (κ2) is 9.19. The van der Waals surface area contributed by atoms with Crippen molar-refractivity contribution in [3.05, 3.63) is 65.2 Å². The van der Waals surface area contributed by atoms with Crippen molar-refractivity contribution in [3.63, 3.8) is 0 Å². The molecule has 0 aromatic heterocycles. The van der Waals surface area contributed by atoms with Crippen LogP contribution in [0.5, 0.6) is 0 Å². The monoisotopic (exact) mass is 366 g/mol. The van der Waals surface area contributed by atoms with Gasteiger partial charge < -0.3 is 21.1 Å². The van der Waals surface area contributed by atoms with E-state index in [2.05, 4.69) is 15.6 Å². The summed E-state index contributed by atoms with van der Waals surface area (Å²) < 4.78 is 5.53. The number of carbonyl (C=O) groups is 1. The summed E-state index contributed by atoms with van der Waals surface area (Å²) in [4.78, 5) is 16.7. The van der Waals surface area contributed by atoms with Crippen LogP contribution < -0.4 is 16.4 Å². The van der Waals surface area contributed by atoms with E-state index < -0.39 is 0 Å². The lowest BCUT2D eigenvalue weighted by Gasteiger charge is -2.11. The third kappa shape index (κ3) is 5.82. The van der Waals surface area contributed by atoms with E-state index in [0.29, 0.717) is 24.6 Å². The number of nitrogens with zero attached hydrogens (tertiary/aromatic N) is 1. The number of amides is 1. The fourth-order valence-corrected chi connectivity index (χ4v) is 3.01. The Labute approximate surface area is 159 Å². The summed E-state index contributed by atoms with van der Waals surface area (Å²) in [6.07, 6.45) is 2.20. The second-order valence-electron chi connectivity index (χ2n) is 6.74. The maximum atomic E-state index is 12.3. The maximum absolute atomic E-state index is 12.3. The Balaban J connectivity index is 1.55. The number of aryl methyl sites for hydroxylation is 1. The highest BCUT2D eigenvalue weighted by Gasteiger charge is 2.16. The van der Waals surface area contributed by atoms with Crippen molar-refractivity contribution < 1.29 is 9.53 Å². The molecule has 142 valence electrons. The molecular formula is C21H26N4O2. The van der Waals surface area contributed by atoms with Gasteiger partial charge in [0.2, 0.25) is 0 Å². The van der Waals surface area contributed by atoms with E-state index >= 15 is 0 Å². The smallest absolute Gasteiger partial charge is 0.251 e. The SMILES string of the molecule is Cc1cccc(NC(N)=NCc2cccc(C(=O)NCC3CCCO3)c2)c1. The molecule has 2 aromatic carbocycles. The zero-order valence-electron chi connectivity index (χ0n) is 15.6. The Hall–Kier alpha value is -2.86. The van der Waals surface area contributed by atoms with E-state index in [1.807, 2.05) is 49.4 Å². The average molecular weight is 366 g/mol. The number of aliphatic imine (C=N–C) groups is 1. The summed E-state index contributed by atoms with van der Waals surface area (Å²) in [5.74, 6) is 0.246. The molecule has 0 saturated carbocycles. The lowest BCUT2D eigenvalue weighted by atomic mass is 10.1. The second-order valence-corrected chi connectivity index (χ2v) is 6.74. The molecule has 27 heavy (non-hydrogen) atoms. The van der Waals surface area contributed by atoms with E-state index in [-0.39, 0.29) is 12.0 Å². The van der Waals surface area contributed by atoms with Gasteiger partial charge in [0.15, 0.2) is 5.96 Å². The van der Waals surface area contributed by atoms with Crippen molar-refractivity contribution >= 4 is 17.6 Å². The number of nitrogens with one attached hydrogen (secondary N) is 2. The average Bonchev–Trinajstić information content (AvgIpc) is 3.18. The zero-order chi connectivity index (χ0) is 19.1. The third-order valence-corrected chi connectivity index (χ3v) is 4.43. The quantitative estimate of drug-likeness (QED) is 0.542. The molecule has 0 radical (unpaired) electrons. The van der Waals surface area contributed by atoms with Gasteiger partial charge in [0.1, 0.15) is 0 Å². The summed E-state index contributed by atoms with van der Waals surface area (Å²) in [6.45, 7) is 3.76. The van der Waals surface area contributed by atoms with Crippen molar-refractivity contribution in [2.45, 2.75) is 32.4 Å². The number of anilines is 1. The van der Waals surface area contributed by atoms with Gasteiger partial charge in [-0.25, -0.2) is 4.99 Å². The normalized spacial score (nSPS) is 16.9. The molecule has 3 rings (SSSR count). The van der Waals surface area contributed by atoms with E-state index in [4.69, 9.17) is 10.5 Å². The number of guanidine groups is 1. The number of benzene rings is 2. The fraction of sp³-hybridized carbons (Fsp3) is 0.333. The summed E-state index contributed by atoms with van der Waals surface area (Å²) in [6, 6.07) is 15.4. The minimum absolute atomic E-state index is 0.0952. The van der Waals surface area contributed by atoms with Crippen LogP contribution >= 0.6 is 0 Å². The lowest BCUT2D eigenvalue weighted by Crippen LogP contribution is -2.31. The molecule has 0 spiro atoms. The van der Waals surface area contributed by atoms with Gasteiger partial charge in [0, 0.05) is 24.4 Å². The molecule has 1 aliphatic rings. The van der Waals surface area contributed by atoms with Crippen molar-refractivity contribution in [2.75, 3.05) is 18.5 Å². The van der Waals surface area contributed by atoms with Gasteiger partial charge in [-0.1, -0.05) is 24.3 Å². The molecule has 0 aliphatic carbocycles. The Morgan fingerprint density at radius 1 is 1.26 bits per heavy atom. The maximum Gasteiger partial charge on any atom is 0.251 e. The Kier molecular flexibility index (Phi) is 6.44. The van der Waals surface area contributed by atoms with Crippen LogP contribution in [-0.2, 0) is 11.3 Å². The van der Waals surface area contributed by atoms with Crippen LogP contribution in [0.2, 0.25) is 0 Å². The number of hydrogen-bond acceptors (Lipinski definition) is 3. The minimum Gasteiger partial charge on any atom is -0.376 e. The molecule has 0 bridgehead atoms. The first-order valence-corrected chi connectivity index (χ1v) is 9.22. The van der Waals surface area contributed by atoms with Gasteiger partial charge in [0.25, 0.3) is 5.91 Å². The molecule has 6 heteroatoms. The van der Waals surface area contributed by atoms with Crippen LogP contribution in [0.3, 0.4) is 0 Å². The Morgan fingerprint density at radius 3 is 2.89 bits per heavy atom. The molecular weight excluding hydrogens is 340 g/mol. The predicted octanol–water partition coefficient (Wildman–Crippen LogP) is 2.83. The van der Waals surface area contributed by atoms with Crippen LogP contribution in [0.1, 0.15) is 34.3 Å². The molecule has 1 saturated heterocycles. The van der Waals surface area contributed by atoms with Gasteiger partial charge in [-0.2, -0.15) is 0 Å². The van der Waals surface area contributed by atoms with Crippen molar-refractivity contribution in [1.29, 1.82) is 0 Å². The molecule has 1 unspecified atom stereocenters. The number of hydrogen-bond donors (Lipinski definition) is 3. The molecule has 1 atom stereocenters. The van der Waals surface area contributed by atoms with Crippen LogP contribution in [0.15, 0.2) is 53.5 Å². The van der Waals surface area contributed by atoms with E-state index in [0.717, 1.165) is 36.3 Å². The first-order chi connectivity index (χ1) is 13.1. The number of nitrogens with two attached hydrogens (primary N) is 1. The summed E-state index contributed by atoms with van der Waals surface area (Å²) in [5.41, 5.74) is 9.56. The van der Waals surface area contributed by atoms with E-state index in [1.165, 1.54) is 0 Å². The van der Waals surface area contributed by atoms with Crippen LogP contribution in [0.4, 0.5) is 5.69 Å². The van der Waals surface area contributed by atoms with Gasteiger partial charge in [0.05, 0.1) is 12.6 Å². The zero-order valence-corrected chi connectivity index (χ0v) is 15.6. The fourth-order valence-electron chi connectivity index (χ4n) is 3.01. The van der Waals surface area contributed by atoms with Crippen LogP contribution in [-0.4, -0.2) is 31.1 Å². The van der Waals surface area contributed by atoms with Crippen molar-refractivity contribution in [1.82, 2.24) is 5.32 Å². The molecule has 6 nitrogen and oxygen atoms in total. The number of ether oxygens (including phenoxy) is 1. The van der Waals surface area contributed by atoms with Crippen molar-refractivity contribution in [2.24, 2.45) is 10.7 Å². The minimum atomic E-state index is -0.0952. The Morgan fingerprint density at radius 2 is 2.11 bits per heavy atom. The van der Waals surface area contributed by atoms with Gasteiger partial charge in [-0.3, -0.25) is 4.79 Å². The van der Waals surface area contributed by atoms with E-state index in [1.54, 1.807) is 6.07 Å². The molecule has 4 N–H and O–H groups in total. The lowest BCUT2D eigenvalue weighted by molar-refractivity contribution is 0.0857. The highest BCUT2D eigenvalue weighted by atomic mass is 16.5. The Bertz CT molecular complexity index is 813. The first-order valence-electron chi connectivity index (χ1n) is 9.22. The van der Waals surface area contributed by atoms with Crippen molar-refractivity contribution in [3.8, 4) is 0 Å². The third-order valence-electron chi connectivity index (χ3n) is 4.43. The summed E-state index contributed by atoms with van der Waals surface area (Å²) in [5, 5.41) is 6.01. The molecule has 1 aliphatic heterocycles. The largest absolute Gasteiger partial charge is 0.376 e. The van der Waals surface area contributed by atoms with Crippen LogP contribution in [0, 0.1) is 6.92 Å². The van der Waals surface area contributed by atoms with Gasteiger partial charge in [-0.15, -0.1) is 0 Å². The number of rotatable bonds is 6. The summed E-state index contributed by atoms with van der Waals surface area (Å²) >= 11 is 0. The predicted molar refractivity (Wildman–Crippen MR) is 108 cm³/mol. The molecule has 1 amide bonds. The highest BCUT2D eigenvalue weighted by Crippen LogP contribution is 2.12. The number of carbonyl (C=O) groups excluding carboxylic acids is 1. The molecule has 2 aromatic rings. The van der Waals surface area contributed by atoms with Crippen LogP contribution in [0.25, 0.3) is 0 Å². The summed E-state index contributed by atoms with van der Waals surface area (Å²) in [7, 11) is 0. The van der Waals surface area contributed by atoms with Gasteiger partial charge >= 0.3 is 0 Å². The standard InChI is InChI=1S/C21H26N4O2/c1-15-5-2-8-18(11-15)25-21(22)24-13-16-6-3-7-17(12-16)20(26)23-14-19-9-4-10-27-19/h2-3,5-8,11-12,19H,4,9-10,13-14H2,1H3,(H,23,26)(H3,22,24,25). The molecule has 1 fully saturated rings. The van der Waals surface area contributed by atoms with E-state index in [9.17, 15) is 4.79 Å². The first kappa shape index (κ1) is 18.9. The van der Waals surface area contributed by atoms with Gasteiger partial charge in [-0.05, 0) is 55.2 Å². The highest BCUT2D eigenvalue weighted by molar-refractivity contribution is 5.94.